The van der Waals surface area contributed by atoms with Crippen molar-refractivity contribution >= 4 is 33.0 Å². The average Bonchev–Trinajstić information content (AvgIpc) is 2.34. The number of rotatable bonds is 0. The van der Waals surface area contributed by atoms with Crippen molar-refractivity contribution in [2.75, 3.05) is 0 Å². The molecule has 0 atom stereocenters. The summed E-state index contributed by atoms with van der Waals surface area (Å²) in [6, 6.07) is 3.83. The average molecular weight is 265 g/mol. The van der Waals surface area contributed by atoms with Crippen LogP contribution in [0.25, 0.3) is 10.1 Å². The third-order valence-corrected chi connectivity index (χ3v) is 5.19. The van der Waals surface area contributed by atoms with Gasteiger partial charge in [0.2, 0.25) is 0 Å². The number of hydrogen-bond acceptors (Lipinski definition) is 2. The molecule has 0 aliphatic heterocycles. The molecule has 1 aliphatic rings. The largest absolute Gasteiger partial charge is 0.289 e. The van der Waals surface area contributed by atoms with Gasteiger partial charge in [0.25, 0.3) is 0 Å². The van der Waals surface area contributed by atoms with Crippen molar-refractivity contribution in [3.05, 3.63) is 43.4 Å². The van der Waals surface area contributed by atoms with E-state index in [0.29, 0.717) is 5.02 Å². The molecule has 3 heteroatoms. The molecule has 0 saturated carbocycles. The van der Waals surface area contributed by atoms with Crippen molar-refractivity contribution in [1.29, 1.82) is 0 Å². The lowest BCUT2D eigenvalue weighted by Crippen LogP contribution is -2.15. The van der Waals surface area contributed by atoms with Crippen molar-refractivity contribution < 1.29 is 0 Å². The van der Waals surface area contributed by atoms with Crippen LogP contribution in [-0.2, 0) is 12.8 Å². The van der Waals surface area contributed by atoms with Crippen molar-refractivity contribution in [1.82, 2.24) is 0 Å². The van der Waals surface area contributed by atoms with E-state index in [1.165, 1.54) is 11.3 Å². The van der Waals surface area contributed by atoms with Crippen molar-refractivity contribution in [3.63, 3.8) is 0 Å². The van der Waals surface area contributed by atoms with Gasteiger partial charge in [0.1, 0.15) is 0 Å². The molecule has 0 N–H and O–H groups in total. The van der Waals surface area contributed by atoms with Crippen molar-refractivity contribution in [2.24, 2.45) is 0 Å². The van der Waals surface area contributed by atoms with E-state index in [2.05, 4.69) is 0 Å². The van der Waals surface area contributed by atoms with Gasteiger partial charge in [-0.25, -0.2) is 0 Å². The Morgan fingerprint density at radius 3 is 2.82 bits per heavy atom. The predicted molar refractivity (Wildman–Crippen MR) is 74.5 cm³/mol. The van der Waals surface area contributed by atoms with Crippen LogP contribution in [0, 0.1) is 6.92 Å². The van der Waals surface area contributed by atoms with Gasteiger partial charge in [-0.15, -0.1) is 11.3 Å². The summed E-state index contributed by atoms with van der Waals surface area (Å²) in [5.74, 6) is 0. The Kier molecular flexibility index (Phi) is 2.72. The monoisotopic (exact) mass is 264 g/mol. The molecule has 1 aliphatic carbocycles. The lowest BCUT2D eigenvalue weighted by molar-refractivity contribution is 0.692. The fraction of sp³-hybridized carbons (Fsp3) is 0.357. The maximum absolute atomic E-state index is 12.5. The van der Waals surface area contributed by atoms with Gasteiger partial charge in [-0.1, -0.05) is 17.7 Å². The SMILES string of the molecule is Cc1ccc(Cl)c2c(=O)c3c(sc12)CCCC3. The lowest BCUT2D eigenvalue weighted by atomic mass is 9.97. The summed E-state index contributed by atoms with van der Waals surface area (Å²) in [5.41, 5.74) is 2.34. The number of fused-ring (bicyclic) bond motifs is 2. The molecule has 0 amide bonds. The second-order valence-electron chi connectivity index (χ2n) is 4.61. The Morgan fingerprint density at radius 2 is 2.00 bits per heavy atom. The van der Waals surface area contributed by atoms with Crippen LogP contribution in [0.1, 0.15) is 28.8 Å². The third kappa shape index (κ3) is 1.71. The summed E-state index contributed by atoms with van der Waals surface area (Å²) >= 11 is 7.94. The van der Waals surface area contributed by atoms with Gasteiger partial charge >= 0.3 is 0 Å². The molecule has 0 fully saturated rings. The van der Waals surface area contributed by atoms with E-state index in [0.717, 1.165) is 40.5 Å². The van der Waals surface area contributed by atoms with Crippen LogP contribution in [0.3, 0.4) is 0 Å². The summed E-state index contributed by atoms with van der Waals surface area (Å²) in [4.78, 5) is 13.7. The van der Waals surface area contributed by atoms with E-state index in [4.69, 9.17) is 11.6 Å². The van der Waals surface area contributed by atoms with E-state index < -0.39 is 0 Å². The zero-order chi connectivity index (χ0) is 12.0. The maximum atomic E-state index is 12.5. The molecule has 2 aromatic rings. The Hall–Kier alpha value is -0.860. The summed E-state index contributed by atoms with van der Waals surface area (Å²) < 4.78 is 1.07. The van der Waals surface area contributed by atoms with Gasteiger partial charge in [0.15, 0.2) is 5.43 Å². The minimum atomic E-state index is 0.169. The molecule has 0 radical (unpaired) electrons. The number of hydrogen-bond donors (Lipinski definition) is 0. The van der Waals surface area contributed by atoms with E-state index in [1.54, 1.807) is 11.3 Å². The van der Waals surface area contributed by atoms with Crippen LogP contribution in [0.4, 0.5) is 0 Å². The molecule has 1 nitrogen and oxygen atoms in total. The van der Waals surface area contributed by atoms with Gasteiger partial charge in [0, 0.05) is 15.1 Å². The number of aryl methyl sites for hydroxylation is 2. The first-order valence-corrected chi connectivity index (χ1v) is 7.11. The first kappa shape index (κ1) is 11.2. The summed E-state index contributed by atoms with van der Waals surface area (Å²) in [5, 5.41) is 1.33. The summed E-state index contributed by atoms with van der Waals surface area (Å²) in [6.07, 6.45) is 4.31. The summed E-state index contributed by atoms with van der Waals surface area (Å²) in [7, 11) is 0. The Morgan fingerprint density at radius 1 is 1.24 bits per heavy atom. The van der Waals surface area contributed by atoms with Crippen LogP contribution in [-0.4, -0.2) is 0 Å². The highest BCUT2D eigenvalue weighted by Gasteiger charge is 2.18. The lowest BCUT2D eigenvalue weighted by Gasteiger charge is -2.15. The normalized spacial score (nSPS) is 14.9. The predicted octanol–water partition coefficient (Wildman–Crippen LogP) is 4.10. The van der Waals surface area contributed by atoms with Crippen LogP contribution in [0.2, 0.25) is 5.02 Å². The van der Waals surface area contributed by atoms with E-state index in [1.807, 2.05) is 19.1 Å². The topological polar surface area (TPSA) is 17.1 Å². The Balaban J connectivity index is 2.48. The van der Waals surface area contributed by atoms with Gasteiger partial charge in [-0.3, -0.25) is 4.79 Å². The molecule has 17 heavy (non-hydrogen) atoms. The molecule has 0 unspecified atom stereocenters. The molecule has 3 rings (SSSR count). The van der Waals surface area contributed by atoms with Crippen molar-refractivity contribution in [3.8, 4) is 0 Å². The Bertz CT molecular complexity index is 657. The highest BCUT2D eigenvalue weighted by atomic mass is 35.5. The second-order valence-corrected chi connectivity index (χ2v) is 6.12. The molecule has 1 heterocycles. The van der Waals surface area contributed by atoms with Crippen LogP contribution >= 0.6 is 22.9 Å². The minimum Gasteiger partial charge on any atom is -0.289 e. The molecule has 0 spiro atoms. The molecular formula is C14H13ClOS. The molecule has 0 saturated heterocycles. The smallest absolute Gasteiger partial charge is 0.193 e. The van der Waals surface area contributed by atoms with Gasteiger partial charge in [0.05, 0.1) is 10.4 Å². The second kappa shape index (κ2) is 4.11. The number of benzene rings is 1. The zero-order valence-corrected chi connectivity index (χ0v) is 11.3. The Labute approximate surface area is 109 Å². The fourth-order valence-electron chi connectivity index (χ4n) is 2.51. The third-order valence-electron chi connectivity index (χ3n) is 3.45. The first-order chi connectivity index (χ1) is 8.18. The zero-order valence-electron chi connectivity index (χ0n) is 9.68. The quantitative estimate of drug-likeness (QED) is 0.700. The van der Waals surface area contributed by atoms with E-state index in [-0.39, 0.29) is 5.43 Å². The van der Waals surface area contributed by atoms with E-state index >= 15 is 0 Å². The van der Waals surface area contributed by atoms with Gasteiger partial charge < -0.3 is 0 Å². The standard InChI is InChI=1S/C14H13ClOS/c1-8-6-7-10(15)12-13(16)9-4-2-3-5-11(9)17-14(8)12/h6-7H,2-5H2,1H3. The fourth-order valence-corrected chi connectivity index (χ4v) is 4.15. The van der Waals surface area contributed by atoms with Gasteiger partial charge in [-0.2, -0.15) is 0 Å². The highest BCUT2D eigenvalue weighted by Crippen LogP contribution is 2.32. The van der Waals surface area contributed by atoms with Crippen LogP contribution in [0.15, 0.2) is 16.9 Å². The molecule has 88 valence electrons. The van der Waals surface area contributed by atoms with Crippen LogP contribution < -0.4 is 5.43 Å². The first-order valence-electron chi connectivity index (χ1n) is 5.92. The molecule has 1 aromatic heterocycles. The highest BCUT2D eigenvalue weighted by molar-refractivity contribution is 7.18. The van der Waals surface area contributed by atoms with Crippen molar-refractivity contribution in [2.45, 2.75) is 32.6 Å². The minimum absolute atomic E-state index is 0.169. The molecular weight excluding hydrogens is 252 g/mol. The van der Waals surface area contributed by atoms with Crippen LogP contribution in [0.5, 0.6) is 0 Å². The van der Waals surface area contributed by atoms with Gasteiger partial charge in [-0.05, 0) is 44.2 Å². The maximum Gasteiger partial charge on any atom is 0.193 e. The van der Waals surface area contributed by atoms with E-state index in [9.17, 15) is 4.79 Å². The summed E-state index contributed by atoms with van der Waals surface area (Å²) in [6.45, 7) is 2.05. The number of halogens is 1. The molecule has 0 bridgehead atoms. The molecule has 1 aromatic carbocycles.